The molecular weight excluding hydrogens is 327 g/mol. The van der Waals surface area contributed by atoms with E-state index in [1.165, 1.54) is 7.11 Å². The van der Waals surface area contributed by atoms with Crippen LogP contribution in [0.4, 0.5) is 0 Å². The minimum Gasteiger partial charge on any atom is -0.493 e. The highest BCUT2D eigenvalue weighted by molar-refractivity contribution is 6.32. The van der Waals surface area contributed by atoms with Crippen molar-refractivity contribution in [3.05, 3.63) is 22.7 Å². The number of ether oxygens (including phenoxy) is 2. The second-order valence-corrected chi connectivity index (χ2v) is 5.25. The van der Waals surface area contributed by atoms with Crippen molar-refractivity contribution in [2.24, 2.45) is 5.73 Å². The van der Waals surface area contributed by atoms with Crippen molar-refractivity contribution in [2.75, 3.05) is 27.3 Å². The number of rotatable bonds is 7. The number of nitrogens with zero attached hydrogens (tertiary/aromatic N) is 1. The van der Waals surface area contributed by atoms with Crippen molar-refractivity contribution in [3.63, 3.8) is 0 Å². The Kier molecular flexibility index (Phi) is 9.25. The zero-order valence-electron chi connectivity index (χ0n) is 13.4. The van der Waals surface area contributed by atoms with Gasteiger partial charge in [0, 0.05) is 25.2 Å². The fourth-order valence-electron chi connectivity index (χ4n) is 1.75. The van der Waals surface area contributed by atoms with Crippen molar-refractivity contribution in [1.82, 2.24) is 4.90 Å². The Balaban J connectivity index is 0.00000441. The molecule has 0 aliphatic rings. The van der Waals surface area contributed by atoms with E-state index < -0.39 is 0 Å². The average Bonchev–Trinajstić information content (AvgIpc) is 2.50. The lowest BCUT2D eigenvalue weighted by Gasteiger charge is -2.24. The molecule has 1 atom stereocenters. The molecule has 22 heavy (non-hydrogen) atoms. The average molecular weight is 351 g/mol. The molecule has 1 rings (SSSR count). The Labute approximate surface area is 143 Å². The van der Waals surface area contributed by atoms with E-state index in [9.17, 15) is 4.79 Å². The molecule has 0 spiro atoms. The topological polar surface area (TPSA) is 64.8 Å². The van der Waals surface area contributed by atoms with Crippen LogP contribution in [0.1, 0.15) is 30.6 Å². The zero-order chi connectivity index (χ0) is 16.0. The molecule has 1 unspecified atom stereocenters. The fourth-order valence-corrected chi connectivity index (χ4v) is 2.01. The van der Waals surface area contributed by atoms with Crippen LogP contribution >= 0.6 is 24.0 Å². The van der Waals surface area contributed by atoms with Gasteiger partial charge in [0.05, 0.1) is 18.7 Å². The largest absolute Gasteiger partial charge is 0.493 e. The van der Waals surface area contributed by atoms with E-state index in [2.05, 4.69) is 0 Å². The first-order valence-corrected chi connectivity index (χ1v) is 7.31. The van der Waals surface area contributed by atoms with Gasteiger partial charge < -0.3 is 20.1 Å². The Morgan fingerprint density at radius 1 is 1.45 bits per heavy atom. The summed E-state index contributed by atoms with van der Waals surface area (Å²) in [5.41, 5.74) is 6.04. The molecule has 1 amide bonds. The van der Waals surface area contributed by atoms with Gasteiger partial charge in [-0.1, -0.05) is 18.5 Å². The lowest BCUT2D eigenvalue weighted by molar-refractivity contribution is 0.0748. The minimum absolute atomic E-state index is 0. The molecule has 0 fully saturated rings. The molecule has 0 bridgehead atoms. The molecule has 2 N–H and O–H groups in total. The second kappa shape index (κ2) is 9.77. The third kappa shape index (κ3) is 4.93. The molecule has 0 aliphatic carbocycles. The normalized spacial score (nSPS) is 11.4. The summed E-state index contributed by atoms with van der Waals surface area (Å²) >= 11 is 6.21. The van der Waals surface area contributed by atoms with Crippen LogP contribution in [0.15, 0.2) is 12.1 Å². The lowest BCUT2D eigenvalue weighted by Crippen LogP contribution is -2.39. The Hall–Kier alpha value is -1.17. The van der Waals surface area contributed by atoms with E-state index in [1.54, 1.807) is 24.1 Å². The van der Waals surface area contributed by atoms with Gasteiger partial charge in [-0.3, -0.25) is 4.79 Å². The molecule has 0 radical (unpaired) electrons. The van der Waals surface area contributed by atoms with Crippen molar-refractivity contribution in [1.29, 1.82) is 0 Å². The highest BCUT2D eigenvalue weighted by Gasteiger charge is 2.20. The Bertz CT molecular complexity index is 498. The zero-order valence-corrected chi connectivity index (χ0v) is 15.0. The molecule has 0 aliphatic heterocycles. The van der Waals surface area contributed by atoms with Gasteiger partial charge in [0.1, 0.15) is 0 Å². The van der Waals surface area contributed by atoms with Crippen molar-refractivity contribution in [3.8, 4) is 11.5 Å². The van der Waals surface area contributed by atoms with Crippen molar-refractivity contribution >= 4 is 29.9 Å². The summed E-state index contributed by atoms with van der Waals surface area (Å²) in [5.74, 6) is 0.760. The maximum atomic E-state index is 12.4. The van der Waals surface area contributed by atoms with Gasteiger partial charge in [0.2, 0.25) is 0 Å². The van der Waals surface area contributed by atoms with Crippen molar-refractivity contribution in [2.45, 2.75) is 26.3 Å². The molecular formula is C15H24Cl2N2O3. The Morgan fingerprint density at radius 2 is 2.09 bits per heavy atom. The molecule has 1 aromatic carbocycles. The van der Waals surface area contributed by atoms with Gasteiger partial charge in [-0.15, -0.1) is 12.4 Å². The van der Waals surface area contributed by atoms with Crippen LogP contribution in [0.2, 0.25) is 5.02 Å². The molecule has 0 saturated heterocycles. The second-order valence-electron chi connectivity index (χ2n) is 4.84. The van der Waals surface area contributed by atoms with E-state index in [0.717, 1.165) is 6.42 Å². The number of amides is 1. The predicted octanol–water partition coefficient (Wildman–Crippen LogP) is 2.98. The number of halogens is 2. The molecule has 0 heterocycles. The molecule has 126 valence electrons. The first-order chi connectivity index (χ1) is 9.96. The quantitative estimate of drug-likeness (QED) is 0.820. The van der Waals surface area contributed by atoms with Gasteiger partial charge in [0.15, 0.2) is 11.5 Å². The lowest BCUT2D eigenvalue weighted by atomic mass is 10.1. The maximum Gasteiger partial charge on any atom is 0.254 e. The number of likely N-dealkylation sites (N-methyl/N-ethyl adjacent to an activating group) is 1. The van der Waals surface area contributed by atoms with Gasteiger partial charge in [-0.25, -0.2) is 0 Å². The van der Waals surface area contributed by atoms with E-state index >= 15 is 0 Å². The van der Waals surface area contributed by atoms with Crippen LogP contribution in [0.5, 0.6) is 11.5 Å². The van der Waals surface area contributed by atoms with Crippen molar-refractivity contribution < 1.29 is 14.3 Å². The van der Waals surface area contributed by atoms with E-state index in [1.807, 2.05) is 13.8 Å². The molecule has 1 aromatic rings. The highest BCUT2D eigenvalue weighted by Crippen LogP contribution is 2.36. The SMILES string of the molecule is CCCOc1c(Cl)cc(C(=O)N(C)C(C)CN)cc1OC.Cl. The Morgan fingerprint density at radius 3 is 2.59 bits per heavy atom. The third-order valence-corrected chi connectivity index (χ3v) is 3.53. The summed E-state index contributed by atoms with van der Waals surface area (Å²) in [6.45, 7) is 4.81. The fraction of sp³-hybridized carbons (Fsp3) is 0.533. The number of hydrogen-bond donors (Lipinski definition) is 1. The summed E-state index contributed by atoms with van der Waals surface area (Å²) in [6, 6.07) is 3.18. The number of hydrogen-bond acceptors (Lipinski definition) is 4. The number of methoxy groups -OCH3 is 1. The highest BCUT2D eigenvalue weighted by atomic mass is 35.5. The monoisotopic (exact) mass is 350 g/mol. The number of carbonyl (C=O) groups excluding carboxylic acids is 1. The van der Waals surface area contributed by atoms with Gasteiger partial charge in [-0.05, 0) is 25.5 Å². The predicted molar refractivity (Wildman–Crippen MR) is 91.6 cm³/mol. The first kappa shape index (κ1) is 20.8. The van der Waals surface area contributed by atoms with Crippen LogP contribution in [0, 0.1) is 0 Å². The number of carbonyl (C=O) groups is 1. The van der Waals surface area contributed by atoms with Gasteiger partial charge in [-0.2, -0.15) is 0 Å². The summed E-state index contributed by atoms with van der Waals surface area (Å²) in [5, 5.41) is 0.361. The van der Waals surface area contributed by atoms with E-state index in [0.29, 0.717) is 35.2 Å². The third-order valence-electron chi connectivity index (χ3n) is 3.25. The summed E-state index contributed by atoms with van der Waals surface area (Å²) in [7, 11) is 3.23. The van der Waals surface area contributed by atoms with Gasteiger partial charge >= 0.3 is 0 Å². The standard InChI is InChI=1S/C15H23ClN2O3.ClH/c1-5-6-21-14-12(16)7-11(8-13(14)20-4)15(19)18(3)10(2)9-17;/h7-8,10H,5-6,9,17H2,1-4H3;1H. The van der Waals surface area contributed by atoms with Gasteiger partial charge in [0.25, 0.3) is 5.91 Å². The van der Waals surface area contributed by atoms with Crippen LogP contribution in [0.25, 0.3) is 0 Å². The number of nitrogens with two attached hydrogens (primary N) is 1. The smallest absolute Gasteiger partial charge is 0.254 e. The van der Waals surface area contributed by atoms with E-state index in [4.69, 9.17) is 26.8 Å². The summed E-state index contributed by atoms with van der Waals surface area (Å²) in [4.78, 5) is 14.0. The maximum absolute atomic E-state index is 12.4. The number of benzene rings is 1. The minimum atomic E-state index is -0.157. The molecule has 0 aromatic heterocycles. The van der Waals surface area contributed by atoms with Crippen LogP contribution in [-0.4, -0.2) is 44.2 Å². The molecule has 0 saturated carbocycles. The first-order valence-electron chi connectivity index (χ1n) is 6.93. The summed E-state index contributed by atoms with van der Waals surface area (Å²) < 4.78 is 10.8. The van der Waals surface area contributed by atoms with Crippen LogP contribution < -0.4 is 15.2 Å². The van der Waals surface area contributed by atoms with Crippen LogP contribution in [0.3, 0.4) is 0 Å². The van der Waals surface area contributed by atoms with Crippen LogP contribution in [-0.2, 0) is 0 Å². The molecule has 7 heteroatoms. The molecule has 5 nitrogen and oxygen atoms in total. The van der Waals surface area contributed by atoms with E-state index in [-0.39, 0.29) is 24.4 Å². The summed E-state index contributed by atoms with van der Waals surface area (Å²) in [6.07, 6.45) is 0.858.